The third-order valence-corrected chi connectivity index (χ3v) is 3.92. The summed E-state index contributed by atoms with van der Waals surface area (Å²) in [4.78, 5) is 0. The van der Waals surface area contributed by atoms with Gasteiger partial charge in [-0.05, 0) is 29.8 Å². The van der Waals surface area contributed by atoms with Crippen LogP contribution >= 0.6 is 15.9 Å². The third kappa shape index (κ3) is 3.61. The van der Waals surface area contributed by atoms with E-state index >= 15 is 0 Å². The zero-order chi connectivity index (χ0) is 15.4. The summed E-state index contributed by atoms with van der Waals surface area (Å²) in [6, 6.07) is 11.5. The Kier molecular flexibility index (Phi) is 5.33. The summed E-state index contributed by atoms with van der Waals surface area (Å²) >= 11 is 3.36. The molecule has 0 aromatic heterocycles. The molecule has 0 fully saturated rings. The lowest BCUT2D eigenvalue weighted by molar-refractivity contribution is 0.143. The molecule has 0 saturated carbocycles. The van der Waals surface area contributed by atoms with Gasteiger partial charge in [0.05, 0.1) is 13.2 Å². The normalized spacial score (nSPS) is 13.8. The van der Waals surface area contributed by atoms with Crippen LogP contribution in [0.2, 0.25) is 0 Å². The maximum absolute atomic E-state index is 13.4. The van der Waals surface area contributed by atoms with Crippen LogP contribution in [0, 0.1) is 5.82 Å². The van der Waals surface area contributed by atoms with Crippen molar-refractivity contribution in [3.05, 3.63) is 63.9 Å². The summed E-state index contributed by atoms with van der Waals surface area (Å²) in [6.45, 7) is 0.198. The lowest BCUT2D eigenvalue weighted by atomic mass is 9.89. The SMILES string of the molecule is COc1cc(Br)ccc1C(O)C(CN)c1cccc(F)c1. The molecule has 21 heavy (non-hydrogen) atoms. The Morgan fingerprint density at radius 1 is 1.29 bits per heavy atom. The summed E-state index contributed by atoms with van der Waals surface area (Å²) in [7, 11) is 1.54. The zero-order valence-corrected chi connectivity index (χ0v) is 13.2. The number of aliphatic hydroxyl groups excluding tert-OH is 1. The minimum Gasteiger partial charge on any atom is -0.496 e. The van der Waals surface area contributed by atoms with Crippen LogP contribution in [0.3, 0.4) is 0 Å². The van der Waals surface area contributed by atoms with Gasteiger partial charge >= 0.3 is 0 Å². The van der Waals surface area contributed by atoms with Gasteiger partial charge in [-0.1, -0.05) is 34.1 Å². The molecule has 2 atom stereocenters. The highest BCUT2D eigenvalue weighted by molar-refractivity contribution is 9.10. The number of aliphatic hydroxyl groups is 1. The van der Waals surface area contributed by atoms with Gasteiger partial charge in [0.25, 0.3) is 0 Å². The van der Waals surface area contributed by atoms with E-state index in [9.17, 15) is 9.50 Å². The van der Waals surface area contributed by atoms with Crippen LogP contribution in [0.15, 0.2) is 46.9 Å². The first-order valence-electron chi connectivity index (χ1n) is 6.54. The van der Waals surface area contributed by atoms with E-state index in [1.807, 2.05) is 6.07 Å². The minimum atomic E-state index is -0.875. The highest BCUT2D eigenvalue weighted by Gasteiger charge is 2.24. The van der Waals surface area contributed by atoms with Crippen molar-refractivity contribution >= 4 is 15.9 Å². The van der Waals surface area contributed by atoms with E-state index in [4.69, 9.17) is 10.5 Å². The van der Waals surface area contributed by atoms with E-state index in [0.717, 1.165) is 4.47 Å². The minimum absolute atomic E-state index is 0.198. The first-order chi connectivity index (χ1) is 10.1. The molecule has 0 heterocycles. The summed E-state index contributed by atoms with van der Waals surface area (Å²) in [5.74, 6) is -0.191. The number of nitrogens with two attached hydrogens (primary N) is 1. The van der Waals surface area contributed by atoms with Crippen molar-refractivity contribution in [3.63, 3.8) is 0 Å². The molecule has 0 radical (unpaired) electrons. The summed E-state index contributed by atoms with van der Waals surface area (Å²) in [6.07, 6.45) is -0.875. The van der Waals surface area contributed by atoms with Crippen molar-refractivity contribution in [1.82, 2.24) is 0 Å². The number of methoxy groups -OCH3 is 1. The molecule has 0 aliphatic rings. The van der Waals surface area contributed by atoms with Crippen LogP contribution in [0.4, 0.5) is 4.39 Å². The van der Waals surface area contributed by atoms with Crippen molar-refractivity contribution in [1.29, 1.82) is 0 Å². The monoisotopic (exact) mass is 353 g/mol. The Hall–Kier alpha value is -1.43. The molecule has 5 heteroatoms. The fourth-order valence-corrected chi connectivity index (χ4v) is 2.67. The van der Waals surface area contributed by atoms with E-state index < -0.39 is 12.0 Å². The molecule has 0 bridgehead atoms. The molecular formula is C16H17BrFNO2. The van der Waals surface area contributed by atoms with Gasteiger partial charge in [-0.2, -0.15) is 0 Å². The largest absolute Gasteiger partial charge is 0.496 e. The van der Waals surface area contributed by atoms with Crippen molar-refractivity contribution in [3.8, 4) is 5.75 Å². The van der Waals surface area contributed by atoms with Crippen LogP contribution < -0.4 is 10.5 Å². The maximum atomic E-state index is 13.4. The summed E-state index contributed by atoms with van der Waals surface area (Å²) in [5, 5.41) is 10.6. The predicted molar refractivity (Wildman–Crippen MR) is 83.8 cm³/mol. The lowest BCUT2D eigenvalue weighted by Crippen LogP contribution is -2.20. The number of hydrogen-bond acceptors (Lipinski definition) is 3. The van der Waals surface area contributed by atoms with E-state index in [2.05, 4.69) is 15.9 Å². The maximum Gasteiger partial charge on any atom is 0.125 e. The van der Waals surface area contributed by atoms with Crippen LogP contribution in [0.5, 0.6) is 5.75 Å². The van der Waals surface area contributed by atoms with Gasteiger partial charge in [-0.3, -0.25) is 0 Å². The topological polar surface area (TPSA) is 55.5 Å². The predicted octanol–water partition coefficient (Wildman–Crippen LogP) is 3.37. The van der Waals surface area contributed by atoms with Crippen molar-refractivity contribution in [2.75, 3.05) is 13.7 Å². The van der Waals surface area contributed by atoms with Gasteiger partial charge in [0, 0.05) is 22.5 Å². The molecule has 0 aliphatic heterocycles. The Bertz CT molecular complexity index is 621. The second-order valence-electron chi connectivity index (χ2n) is 4.73. The highest BCUT2D eigenvalue weighted by atomic mass is 79.9. The average Bonchev–Trinajstić information content (AvgIpc) is 2.47. The van der Waals surface area contributed by atoms with Crippen molar-refractivity contribution < 1.29 is 14.2 Å². The van der Waals surface area contributed by atoms with Gasteiger partial charge in [0.2, 0.25) is 0 Å². The molecule has 0 aliphatic carbocycles. The van der Waals surface area contributed by atoms with E-state index in [0.29, 0.717) is 16.9 Å². The molecule has 0 amide bonds. The number of rotatable bonds is 5. The summed E-state index contributed by atoms with van der Waals surface area (Å²) in [5.41, 5.74) is 7.07. The van der Waals surface area contributed by atoms with Crippen LogP contribution in [0.25, 0.3) is 0 Å². The molecule has 2 aromatic carbocycles. The first kappa shape index (κ1) is 15.9. The second-order valence-corrected chi connectivity index (χ2v) is 5.64. The Labute approximate surface area is 131 Å². The van der Waals surface area contributed by atoms with E-state index in [1.54, 1.807) is 24.3 Å². The van der Waals surface area contributed by atoms with E-state index in [1.165, 1.54) is 19.2 Å². The van der Waals surface area contributed by atoms with Crippen LogP contribution in [0.1, 0.15) is 23.1 Å². The van der Waals surface area contributed by atoms with Crippen molar-refractivity contribution in [2.24, 2.45) is 5.73 Å². The third-order valence-electron chi connectivity index (χ3n) is 3.43. The molecular weight excluding hydrogens is 337 g/mol. The van der Waals surface area contributed by atoms with Gasteiger partial charge in [0.15, 0.2) is 0 Å². The quantitative estimate of drug-likeness (QED) is 0.866. The van der Waals surface area contributed by atoms with Crippen LogP contribution in [-0.2, 0) is 0 Å². The fraction of sp³-hybridized carbons (Fsp3) is 0.250. The molecule has 112 valence electrons. The number of hydrogen-bond donors (Lipinski definition) is 2. The number of benzene rings is 2. The highest BCUT2D eigenvalue weighted by Crippen LogP contribution is 2.36. The fourth-order valence-electron chi connectivity index (χ4n) is 2.33. The molecule has 3 nitrogen and oxygen atoms in total. The van der Waals surface area contributed by atoms with Crippen LogP contribution in [-0.4, -0.2) is 18.8 Å². The Morgan fingerprint density at radius 3 is 2.67 bits per heavy atom. The number of ether oxygens (including phenoxy) is 1. The first-order valence-corrected chi connectivity index (χ1v) is 7.33. The molecule has 2 aromatic rings. The average molecular weight is 354 g/mol. The zero-order valence-electron chi connectivity index (χ0n) is 11.6. The van der Waals surface area contributed by atoms with Gasteiger partial charge < -0.3 is 15.6 Å². The second kappa shape index (κ2) is 7.02. The van der Waals surface area contributed by atoms with E-state index in [-0.39, 0.29) is 12.4 Å². The lowest BCUT2D eigenvalue weighted by Gasteiger charge is -2.24. The Balaban J connectivity index is 2.38. The smallest absolute Gasteiger partial charge is 0.125 e. The van der Waals surface area contributed by atoms with Gasteiger partial charge in [-0.15, -0.1) is 0 Å². The molecule has 0 saturated heterocycles. The Morgan fingerprint density at radius 2 is 2.05 bits per heavy atom. The molecule has 3 N–H and O–H groups in total. The molecule has 2 rings (SSSR count). The molecule has 2 unspecified atom stereocenters. The molecule has 0 spiro atoms. The van der Waals surface area contributed by atoms with Gasteiger partial charge in [-0.25, -0.2) is 4.39 Å². The summed E-state index contributed by atoms with van der Waals surface area (Å²) < 4.78 is 19.5. The standard InChI is InChI=1S/C16H17BrFNO2/c1-21-15-8-11(17)5-6-13(15)16(20)14(9-19)10-3-2-4-12(18)7-10/h2-8,14,16,20H,9,19H2,1H3. The number of halogens is 2. The van der Waals surface area contributed by atoms with Crippen molar-refractivity contribution in [2.45, 2.75) is 12.0 Å². The van der Waals surface area contributed by atoms with Gasteiger partial charge in [0.1, 0.15) is 11.6 Å².